The highest BCUT2D eigenvalue weighted by atomic mass is 16.6. The van der Waals surface area contributed by atoms with Gasteiger partial charge in [0, 0.05) is 97.8 Å². The molecule has 8 atom stereocenters. The molecule has 4 aromatic rings. The van der Waals surface area contributed by atoms with E-state index in [2.05, 4.69) is 61.9 Å². The molecule has 7 aliphatic rings. The number of allylic oxidation sites excluding steroid dienone is 4. The van der Waals surface area contributed by atoms with Crippen LogP contribution in [0.3, 0.4) is 0 Å². The first-order valence-corrected chi connectivity index (χ1v) is 29.6. The van der Waals surface area contributed by atoms with Crippen LogP contribution in [0.4, 0.5) is 10.5 Å². The summed E-state index contributed by atoms with van der Waals surface area (Å²) in [5.74, 6) is -0.0102. The van der Waals surface area contributed by atoms with Crippen LogP contribution in [-0.4, -0.2) is 124 Å². The van der Waals surface area contributed by atoms with Gasteiger partial charge in [-0.25, -0.2) is 14.6 Å². The van der Waals surface area contributed by atoms with E-state index < -0.39 is 34.6 Å². The molecule has 4 aliphatic carbocycles. The molecule has 81 heavy (non-hydrogen) atoms. The standard InChI is InChI=1S/C65H80N6O10/c1-10-64(78)54-31-56-59-44(35-71(56)60(75)52(54)37-79-61(64)76)30-49-51(36-67(7)8)57(24-23-55(49)66-59)80-62(77)70-34-38(2)69(33-39(70)3)28-14-12-11-13-27-68(9)45-18-15-42(16-19-45)50-32-63(6)53(25-26-65(63,40(4)72)81-41(5)73)48-21-17-43-29-46(74)20-22-47(43)58(48)50/h15-16,18-19,23-24,29-31,38-39,48,50,53,78H,10-14,17,20-22,25-28,32-37H2,1-9H3/t38-,39+,48?,50-,53+,63+,64+,65+/m1/s1. The van der Waals surface area contributed by atoms with E-state index in [1.807, 2.05) is 42.1 Å². The second-order valence-corrected chi connectivity index (χ2v) is 25.1. The van der Waals surface area contributed by atoms with E-state index >= 15 is 0 Å². The number of Topliss-reactive ketones (excluding diaryl/α,β-unsaturated/α-hetero) is 1. The lowest BCUT2D eigenvalue weighted by Gasteiger charge is -2.55. The summed E-state index contributed by atoms with van der Waals surface area (Å²) in [6.45, 7) is 14.9. The molecule has 11 rings (SSSR count). The van der Waals surface area contributed by atoms with Crippen LogP contribution in [0.2, 0.25) is 0 Å². The Morgan fingerprint density at radius 2 is 1.68 bits per heavy atom. The summed E-state index contributed by atoms with van der Waals surface area (Å²) in [4.78, 5) is 93.3. The van der Waals surface area contributed by atoms with Gasteiger partial charge in [0.25, 0.3) is 5.56 Å². The summed E-state index contributed by atoms with van der Waals surface area (Å²) in [6, 6.07) is 16.4. The van der Waals surface area contributed by atoms with Crippen LogP contribution in [0.25, 0.3) is 22.3 Å². The van der Waals surface area contributed by atoms with E-state index in [9.17, 15) is 33.9 Å². The molecular weight excluding hydrogens is 1020 g/mol. The van der Waals surface area contributed by atoms with Gasteiger partial charge in [-0.3, -0.25) is 24.1 Å². The number of anilines is 1. The van der Waals surface area contributed by atoms with Gasteiger partial charge < -0.3 is 38.6 Å². The van der Waals surface area contributed by atoms with E-state index in [0.29, 0.717) is 55.0 Å². The summed E-state index contributed by atoms with van der Waals surface area (Å²) in [5, 5.41) is 12.2. The molecule has 0 radical (unpaired) electrons. The number of rotatable bonds is 15. The van der Waals surface area contributed by atoms with Crippen molar-refractivity contribution in [1.29, 1.82) is 0 Å². The molecule has 3 fully saturated rings. The second kappa shape index (κ2) is 21.7. The highest BCUT2D eigenvalue weighted by molar-refractivity contribution is 5.93. The van der Waals surface area contributed by atoms with Crippen LogP contribution in [0, 0.1) is 17.3 Å². The highest BCUT2D eigenvalue weighted by Crippen LogP contribution is 2.68. The molecule has 5 heterocycles. The molecule has 1 saturated heterocycles. The van der Waals surface area contributed by atoms with E-state index in [4.69, 9.17) is 19.2 Å². The maximum absolute atomic E-state index is 14.1. The number of hydrogen-bond acceptors (Lipinski definition) is 14. The lowest BCUT2D eigenvalue weighted by Crippen LogP contribution is -2.58. The van der Waals surface area contributed by atoms with Crippen molar-refractivity contribution in [3.8, 4) is 17.1 Å². The average molecular weight is 1110 g/mol. The first-order valence-electron chi connectivity index (χ1n) is 29.6. The summed E-state index contributed by atoms with van der Waals surface area (Å²) >= 11 is 0. The number of aromatic nitrogens is 2. The number of benzene rings is 2. The number of amides is 1. The molecule has 16 nitrogen and oxygen atoms in total. The van der Waals surface area contributed by atoms with E-state index in [1.54, 1.807) is 30.5 Å². The minimum atomic E-state index is -1.91. The Bertz CT molecular complexity index is 3360. The Balaban J connectivity index is 0.693. The maximum Gasteiger partial charge on any atom is 0.415 e. The molecular formula is C65H80N6O10. The third-order valence-electron chi connectivity index (χ3n) is 19.9. The number of ether oxygens (including phenoxy) is 3. The number of pyridine rings is 2. The fourth-order valence-corrected chi connectivity index (χ4v) is 15.7. The zero-order valence-corrected chi connectivity index (χ0v) is 48.8. The van der Waals surface area contributed by atoms with E-state index in [1.165, 1.54) is 29.2 Å². The van der Waals surface area contributed by atoms with Gasteiger partial charge in [0.15, 0.2) is 22.8 Å². The lowest BCUT2D eigenvalue weighted by atomic mass is 9.50. The number of carbonyl (C=O) groups is 5. The lowest BCUT2D eigenvalue weighted by molar-refractivity contribution is -0.182. The second-order valence-electron chi connectivity index (χ2n) is 25.1. The Hall–Kier alpha value is -6.49. The number of aliphatic hydroxyl groups is 1. The quantitative estimate of drug-likeness (QED) is 0.0773. The molecule has 1 unspecified atom stereocenters. The molecule has 2 aromatic carbocycles. The number of carbonyl (C=O) groups excluding carboxylic acids is 5. The minimum absolute atomic E-state index is 0.0539. The molecule has 1 N–H and O–H groups in total. The number of fused-ring (bicyclic) bond motifs is 9. The summed E-state index contributed by atoms with van der Waals surface area (Å²) in [6.07, 6.45) is 11.1. The van der Waals surface area contributed by atoms with E-state index in [0.717, 1.165) is 93.2 Å². The molecule has 2 saturated carbocycles. The number of cyclic esters (lactones) is 1. The molecule has 16 heteroatoms. The normalized spacial score (nSPS) is 27.7. The van der Waals surface area contributed by atoms with Crippen molar-refractivity contribution in [2.24, 2.45) is 17.3 Å². The smallest absolute Gasteiger partial charge is 0.415 e. The molecule has 430 valence electrons. The molecule has 2 aromatic heterocycles. The Morgan fingerprint density at radius 3 is 2.41 bits per heavy atom. The van der Waals surface area contributed by atoms with Crippen LogP contribution >= 0.6 is 0 Å². The first-order chi connectivity index (χ1) is 38.7. The van der Waals surface area contributed by atoms with Crippen LogP contribution in [0.15, 0.2) is 76.1 Å². The predicted octanol–water partition coefficient (Wildman–Crippen LogP) is 9.52. The van der Waals surface area contributed by atoms with Crippen molar-refractivity contribution in [3.63, 3.8) is 0 Å². The van der Waals surface area contributed by atoms with Crippen LogP contribution in [0.1, 0.15) is 152 Å². The third kappa shape index (κ3) is 9.73. The van der Waals surface area contributed by atoms with Crippen molar-refractivity contribution in [2.75, 3.05) is 52.2 Å². The summed E-state index contributed by atoms with van der Waals surface area (Å²) in [7, 11) is 6.08. The largest absolute Gasteiger partial charge is 0.458 e. The van der Waals surface area contributed by atoms with Crippen LogP contribution in [0.5, 0.6) is 5.75 Å². The molecule has 1 amide bonds. The minimum Gasteiger partial charge on any atom is -0.458 e. The van der Waals surface area contributed by atoms with Crippen molar-refractivity contribution in [1.82, 2.24) is 24.3 Å². The Kier molecular flexibility index (Phi) is 15.1. The topological polar surface area (TPSA) is 181 Å². The van der Waals surface area contributed by atoms with Gasteiger partial charge in [-0.05, 0) is 170 Å². The van der Waals surface area contributed by atoms with Crippen molar-refractivity contribution in [2.45, 2.75) is 167 Å². The number of unbranched alkanes of at least 4 members (excludes halogenated alkanes) is 3. The van der Waals surface area contributed by atoms with Gasteiger partial charge in [-0.15, -0.1) is 0 Å². The number of piperazine rings is 1. The number of esters is 2. The zero-order valence-electron chi connectivity index (χ0n) is 48.8. The van der Waals surface area contributed by atoms with Gasteiger partial charge in [0.1, 0.15) is 12.4 Å². The monoisotopic (exact) mass is 1100 g/mol. The molecule has 3 aliphatic heterocycles. The zero-order chi connectivity index (χ0) is 57.4. The van der Waals surface area contributed by atoms with Crippen molar-refractivity contribution >= 4 is 46.2 Å². The third-order valence-corrected chi connectivity index (χ3v) is 19.9. The summed E-state index contributed by atoms with van der Waals surface area (Å²) < 4.78 is 19.3. The fraction of sp³-hybridized carbons (Fsp3) is 0.554. The Labute approximate surface area is 475 Å². The van der Waals surface area contributed by atoms with Crippen LogP contribution < -0.4 is 15.2 Å². The predicted molar refractivity (Wildman–Crippen MR) is 309 cm³/mol. The number of ketones is 2. The maximum atomic E-state index is 14.1. The van der Waals surface area contributed by atoms with Crippen molar-refractivity contribution < 1.29 is 43.3 Å². The van der Waals surface area contributed by atoms with Gasteiger partial charge in [-0.2, -0.15) is 0 Å². The van der Waals surface area contributed by atoms with Gasteiger partial charge in [0.2, 0.25) is 0 Å². The number of hydrogen-bond donors (Lipinski definition) is 1. The number of nitrogens with zero attached hydrogens (tertiary/aromatic N) is 6. The van der Waals surface area contributed by atoms with Gasteiger partial charge >= 0.3 is 18.0 Å². The SMILES string of the molecule is CC[C@@]1(O)C(=O)OCc2c1cc1n(c2=O)Cc2cc3c(CN(C)C)c(OC(=O)N4C[C@@H](C)N(CCCCCCN(C)c5ccc([C@H]6C[C@@]7(C)[C@@H](CC[C@]7(OC(C)=O)C(C)=O)C7CCC8=CC(=O)CCC8=C76)cc5)C[C@@H]4C)ccc3nc2-1. The Morgan fingerprint density at radius 1 is 0.914 bits per heavy atom. The molecule has 0 spiro atoms. The van der Waals surface area contributed by atoms with E-state index in [-0.39, 0.29) is 77.7 Å². The van der Waals surface area contributed by atoms with Gasteiger partial charge in [0.05, 0.1) is 29.0 Å². The van der Waals surface area contributed by atoms with Crippen molar-refractivity contribution in [3.05, 3.63) is 109 Å². The highest BCUT2D eigenvalue weighted by Gasteiger charge is 2.67. The summed E-state index contributed by atoms with van der Waals surface area (Å²) in [5.41, 5.74) is 6.48. The van der Waals surface area contributed by atoms with Crippen LogP contribution in [-0.2, 0) is 53.9 Å². The average Bonchev–Trinajstić information content (AvgIpc) is 3.99. The van der Waals surface area contributed by atoms with Gasteiger partial charge in [-0.1, -0.05) is 44.4 Å². The molecule has 0 bridgehead atoms. The first kappa shape index (κ1) is 56.4. The fourth-order valence-electron chi connectivity index (χ4n) is 15.7.